The lowest BCUT2D eigenvalue weighted by atomic mass is 10.0. The molecule has 39 heavy (non-hydrogen) atoms. The fraction of sp³-hybridized carbons (Fsp3) is 0.286. The number of hydrogen-bond acceptors (Lipinski definition) is 7. The second kappa shape index (κ2) is 13.1. The number of benzene rings is 2. The van der Waals surface area contributed by atoms with Gasteiger partial charge in [0.1, 0.15) is 5.00 Å². The first-order chi connectivity index (χ1) is 18.7. The highest BCUT2D eigenvalue weighted by molar-refractivity contribution is 8.00. The van der Waals surface area contributed by atoms with E-state index in [1.54, 1.807) is 11.8 Å². The Morgan fingerprint density at radius 2 is 1.79 bits per heavy atom. The molecule has 0 spiro atoms. The zero-order chi connectivity index (χ0) is 27.9. The van der Waals surface area contributed by atoms with Crippen LogP contribution in [0.2, 0.25) is 0 Å². The van der Waals surface area contributed by atoms with Crippen LogP contribution in [-0.4, -0.2) is 46.2 Å². The summed E-state index contributed by atoms with van der Waals surface area (Å²) in [5.41, 5.74) is 2.94. The van der Waals surface area contributed by atoms with E-state index in [9.17, 15) is 14.4 Å². The van der Waals surface area contributed by atoms with Crippen molar-refractivity contribution in [2.75, 3.05) is 29.1 Å². The first-order valence-electron chi connectivity index (χ1n) is 12.5. The van der Waals surface area contributed by atoms with Gasteiger partial charge in [0.15, 0.2) is 5.11 Å². The van der Waals surface area contributed by atoms with Gasteiger partial charge in [-0.25, -0.2) is 4.79 Å². The van der Waals surface area contributed by atoms with Crippen molar-refractivity contribution < 1.29 is 19.1 Å². The number of fused-ring (bicyclic) bond motifs is 1. The molecule has 1 aromatic heterocycles. The molecule has 11 heteroatoms. The highest BCUT2D eigenvalue weighted by atomic mass is 32.2. The summed E-state index contributed by atoms with van der Waals surface area (Å²) < 4.78 is 5.30. The molecule has 1 aliphatic rings. The van der Waals surface area contributed by atoms with Gasteiger partial charge in [-0.05, 0) is 68.4 Å². The van der Waals surface area contributed by atoms with Crippen LogP contribution in [0.1, 0.15) is 41.6 Å². The Labute approximate surface area is 241 Å². The zero-order valence-corrected chi connectivity index (χ0v) is 24.4. The van der Waals surface area contributed by atoms with E-state index >= 15 is 0 Å². The smallest absolute Gasteiger partial charge is 0.341 e. The summed E-state index contributed by atoms with van der Waals surface area (Å²) in [6, 6.07) is 17.3. The number of para-hydroxylation sites is 1. The van der Waals surface area contributed by atoms with Crippen LogP contribution in [0.4, 0.5) is 16.4 Å². The monoisotopic (exact) mass is 582 g/mol. The molecule has 0 saturated heterocycles. The number of ether oxygens (including phenoxy) is 1. The fourth-order valence-corrected chi connectivity index (χ4v) is 6.53. The van der Waals surface area contributed by atoms with Crippen molar-refractivity contribution in [3.05, 3.63) is 70.6 Å². The number of hydrogen-bond donors (Lipinski definition) is 3. The van der Waals surface area contributed by atoms with E-state index in [2.05, 4.69) is 16.0 Å². The van der Waals surface area contributed by atoms with Crippen molar-refractivity contribution in [2.45, 2.75) is 43.9 Å². The Bertz CT molecular complexity index is 1380. The van der Waals surface area contributed by atoms with Gasteiger partial charge in [-0.2, -0.15) is 0 Å². The molecule has 2 amide bonds. The van der Waals surface area contributed by atoms with E-state index in [0.717, 1.165) is 26.7 Å². The molecular weight excluding hydrogens is 553 g/mol. The third kappa shape index (κ3) is 7.37. The van der Waals surface area contributed by atoms with Gasteiger partial charge in [0, 0.05) is 34.6 Å². The van der Waals surface area contributed by atoms with Crippen LogP contribution in [0.3, 0.4) is 0 Å². The first-order valence-corrected chi connectivity index (χ1v) is 14.6. The molecule has 0 bridgehead atoms. The Hall–Kier alpha value is -3.41. The zero-order valence-electron chi connectivity index (χ0n) is 21.9. The molecule has 0 saturated carbocycles. The summed E-state index contributed by atoms with van der Waals surface area (Å²) in [5, 5.41) is 9.75. The maximum absolute atomic E-state index is 13.2. The summed E-state index contributed by atoms with van der Waals surface area (Å²) >= 11 is 8.15. The van der Waals surface area contributed by atoms with Crippen molar-refractivity contribution in [3.8, 4) is 0 Å². The molecule has 0 fully saturated rings. The van der Waals surface area contributed by atoms with Crippen molar-refractivity contribution >= 4 is 74.6 Å². The minimum absolute atomic E-state index is 0.0179. The molecule has 204 valence electrons. The number of carbonyl (C=O) groups is 3. The standard InChI is InChI=1S/C28H30N4O4S3/c1-4-36-27(35)24-22-13-14-32(18(3)33)16-23(22)39-26(24)31-25(34)17(2)38-21-12-8-11-20(15-21)30-28(37)29-19-9-6-5-7-10-19/h5-12,15,17H,4,13-14,16H2,1-3H3,(H,31,34)(H2,29,30,37). The Morgan fingerprint density at radius 1 is 1.08 bits per heavy atom. The number of thioether (sulfide) groups is 1. The van der Waals surface area contributed by atoms with Crippen molar-refractivity contribution in [1.82, 2.24) is 4.90 Å². The number of rotatable bonds is 8. The molecule has 1 aliphatic heterocycles. The average molecular weight is 583 g/mol. The van der Waals surface area contributed by atoms with Gasteiger partial charge in [0.2, 0.25) is 11.8 Å². The highest BCUT2D eigenvalue weighted by Gasteiger charge is 2.31. The van der Waals surface area contributed by atoms with Gasteiger partial charge in [-0.15, -0.1) is 23.1 Å². The molecule has 3 N–H and O–H groups in total. The van der Waals surface area contributed by atoms with E-state index < -0.39 is 11.2 Å². The number of anilines is 3. The number of carbonyl (C=O) groups excluding carboxylic acids is 3. The normalized spacial score (nSPS) is 13.2. The molecule has 1 unspecified atom stereocenters. The third-order valence-electron chi connectivity index (χ3n) is 6.02. The van der Waals surface area contributed by atoms with Gasteiger partial charge in [-0.1, -0.05) is 24.3 Å². The first kappa shape index (κ1) is 28.6. The van der Waals surface area contributed by atoms with Gasteiger partial charge in [0.25, 0.3) is 0 Å². The minimum atomic E-state index is -0.458. The van der Waals surface area contributed by atoms with Crippen LogP contribution in [0.5, 0.6) is 0 Å². The van der Waals surface area contributed by atoms with E-state index in [-0.39, 0.29) is 18.4 Å². The van der Waals surface area contributed by atoms with Crippen LogP contribution < -0.4 is 16.0 Å². The molecule has 8 nitrogen and oxygen atoms in total. The lowest BCUT2D eigenvalue weighted by Crippen LogP contribution is -2.34. The van der Waals surface area contributed by atoms with E-state index in [1.165, 1.54) is 30.0 Å². The quantitative estimate of drug-likeness (QED) is 0.175. The van der Waals surface area contributed by atoms with Crippen molar-refractivity contribution in [3.63, 3.8) is 0 Å². The summed E-state index contributed by atoms with van der Waals surface area (Å²) in [5.74, 6) is -0.705. The summed E-state index contributed by atoms with van der Waals surface area (Å²) in [7, 11) is 0. The van der Waals surface area contributed by atoms with Crippen LogP contribution >= 0.6 is 35.3 Å². The van der Waals surface area contributed by atoms with E-state index in [4.69, 9.17) is 17.0 Å². The third-order valence-corrected chi connectivity index (χ3v) is 8.45. The predicted molar refractivity (Wildman–Crippen MR) is 162 cm³/mol. The number of thiophene rings is 1. The van der Waals surface area contributed by atoms with Gasteiger partial charge < -0.3 is 25.6 Å². The molecule has 4 rings (SSSR count). The highest BCUT2D eigenvalue weighted by Crippen LogP contribution is 2.38. The molecule has 2 heterocycles. The maximum atomic E-state index is 13.2. The van der Waals surface area contributed by atoms with Crippen LogP contribution in [-0.2, 0) is 27.3 Å². The van der Waals surface area contributed by atoms with E-state index in [1.807, 2.05) is 61.5 Å². The second-order valence-corrected chi connectivity index (χ2v) is 11.8. The number of thiocarbonyl (C=S) groups is 1. The number of amides is 2. The second-order valence-electron chi connectivity index (χ2n) is 8.84. The molecule has 3 aromatic rings. The molecular formula is C28H30N4O4S3. The SMILES string of the molecule is CCOC(=O)c1c(NC(=O)C(C)Sc2cccc(NC(=S)Nc3ccccc3)c2)sc2c1CCN(C(C)=O)C2. The number of nitrogens with one attached hydrogen (secondary N) is 3. The van der Waals surface area contributed by atoms with Crippen LogP contribution in [0, 0.1) is 0 Å². The van der Waals surface area contributed by atoms with Crippen molar-refractivity contribution in [1.29, 1.82) is 0 Å². The Balaban J connectivity index is 1.43. The van der Waals surface area contributed by atoms with Crippen LogP contribution in [0.25, 0.3) is 0 Å². The average Bonchev–Trinajstić information content (AvgIpc) is 3.26. The summed E-state index contributed by atoms with van der Waals surface area (Å²) in [6.45, 7) is 6.28. The fourth-order valence-electron chi connectivity index (χ4n) is 4.11. The Kier molecular flexibility index (Phi) is 9.60. The topological polar surface area (TPSA) is 99.8 Å². The number of esters is 1. The summed E-state index contributed by atoms with van der Waals surface area (Å²) in [6.07, 6.45) is 0.542. The van der Waals surface area contributed by atoms with Gasteiger partial charge >= 0.3 is 5.97 Å². The largest absolute Gasteiger partial charge is 0.462 e. The lowest BCUT2D eigenvalue weighted by Gasteiger charge is -2.25. The Morgan fingerprint density at radius 3 is 2.51 bits per heavy atom. The van der Waals surface area contributed by atoms with E-state index in [0.29, 0.717) is 35.2 Å². The number of nitrogens with zero attached hydrogens (tertiary/aromatic N) is 1. The molecule has 0 aliphatic carbocycles. The summed E-state index contributed by atoms with van der Waals surface area (Å²) in [4.78, 5) is 41.4. The molecule has 0 radical (unpaired) electrons. The van der Waals surface area contributed by atoms with Gasteiger partial charge in [-0.3, -0.25) is 9.59 Å². The maximum Gasteiger partial charge on any atom is 0.341 e. The molecule has 1 atom stereocenters. The van der Waals surface area contributed by atoms with Crippen molar-refractivity contribution in [2.24, 2.45) is 0 Å². The molecule has 2 aromatic carbocycles. The van der Waals surface area contributed by atoms with Gasteiger partial charge in [0.05, 0.1) is 24.0 Å². The lowest BCUT2D eigenvalue weighted by molar-refractivity contribution is -0.129. The minimum Gasteiger partial charge on any atom is -0.462 e. The van der Waals surface area contributed by atoms with Crippen LogP contribution in [0.15, 0.2) is 59.5 Å². The predicted octanol–water partition coefficient (Wildman–Crippen LogP) is 5.76.